The molecule has 1 aliphatic heterocycles. The number of thioether (sulfide) groups is 1. The smallest absolute Gasteiger partial charge is 0.307 e. The van der Waals surface area contributed by atoms with Gasteiger partial charge >= 0.3 is 5.97 Å². The fourth-order valence-electron chi connectivity index (χ4n) is 4.43. The lowest BCUT2D eigenvalue weighted by Crippen LogP contribution is -2.38. The number of benzene rings is 2. The maximum Gasteiger partial charge on any atom is 0.307 e. The van der Waals surface area contributed by atoms with Gasteiger partial charge in [0.05, 0.1) is 11.7 Å². The van der Waals surface area contributed by atoms with Crippen LogP contribution in [-0.2, 0) is 9.59 Å². The molecule has 0 radical (unpaired) electrons. The minimum Gasteiger partial charge on any atom is -0.481 e. The van der Waals surface area contributed by atoms with Crippen LogP contribution in [0.4, 0.5) is 4.79 Å². The zero-order valence-corrected chi connectivity index (χ0v) is 18.1. The summed E-state index contributed by atoms with van der Waals surface area (Å²) in [5.74, 6) is -3.51. The Hall–Kier alpha value is -2.64. The zero-order valence-electron chi connectivity index (χ0n) is 16.5. The summed E-state index contributed by atoms with van der Waals surface area (Å²) >= 11 is 6.85. The Morgan fingerprint density at radius 1 is 1.00 bits per heavy atom. The first-order chi connectivity index (χ1) is 14.8. The molecule has 3 atom stereocenters. The lowest BCUT2D eigenvalue weighted by Gasteiger charge is -2.23. The van der Waals surface area contributed by atoms with Crippen molar-refractivity contribution in [2.75, 3.05) is 12.3 Å². The Morgan fingerprint density at radius 2 is 1.61 bits per heavy atom. The van der Waals surface area contributed by atoms with E-state index in [1.165, 1.54) is 0 Å². The fraction of sp³-hybridized carbons (Fsp3) is 0.304. The first-order valence-electron chi connectivity index (χ1n) is 9.95. The third kappa shape index (κ3) is 4.38. The van der Waals surface area contributed by atoms with Crippen molar-refractivity contribution in [1.82, 2.24) is 4.90 Å². The van der Waals surface area contributed by atoms with E-state index in [1.54, 1.807) is 24.3 Å². The normalized spacial score (nSPS) is 23.4. The highest BCUT2D eigenvalue weighted by Crippen LogP contribution is 2.41. The van der Waals surface area contributed by atoms with Crippen molar-refractivity contribution in [3.05, 3.63) is 59.1 Å². The van der Waals surface area contributed by atoms with Crippen LogP contribution in [0, 0.1) is 17.8 Å². The van der Waals surface area contributed by atoms with Crippen LogP contribution in [0.1, 0.15) is 23.2 Å². The van der Waals surface area contributed by atoms with E-state index in [0.717, 1.165) is 27.8 Å². The van der Waals surface area contributed by atoms with Crippen LogP contribution in [0.2, 0.25) is 5.02 Å². The highest BCUT2D eigenvalue weighted by Gasteiger charge is 2.47. The highest BCUT2D eigenvalue weighted by atomic mass is 35.5. The lowest BCUT2D eigenvalue weighted by atomic mass is 9.84. The van der Waals surface area contributed by atoms with E-state index in [2.05, 4.69) is 0 Å². The first kappa shape index (κ1) is 21.6. The number of imide groups is 1. The molecule has 2 fully saturated rings. The number of ketones is 1. The summed E-state index contributed by atoms with van der Waals surface area (Å²) in [6.45, 7) is 0.0565. The molecule has 1 saturated heterocycles. The average molecular weight is 458 g/mol. The van der Waals surface area contributed by atoms with Crippen molar-refractivity contribution < 1.29 is 24.3 Å². The SMILES string of the molecule is O=C(c1ccc(-c2ccc(Cl)cc2)cc1)C1CCC(CN2C(=O)CSC2=O)C1C(=O)O. The van der Waals surface area contributed by atoms with Crippen LogP contribution in [0.15, 0.2) is 48.5 Å². The molecule has 0 spiro atoms. The summed E-state index contributed by atoms with van der Waals surface area (Å²) in [5.41, 5.74) is 2.35. The molecular formula is C23H20ClNO5S. The van der Waals surface area contributed by atoms with Crippen LogP contribution in [-0.4, -0.2) is 45.2 Å². The Balaban J connectivity index is 1.50. The topological polar surface area (TPSA) is 91.8 Å². The number of Topliss-reactive ketones (excluding diaryl/α,β-unsaturated/α-hetero) is 1. The van der Waals surface area contributed by atoms with E-state index in [9.17, 15) is 24.3 Å². The summed E-state index contributed by atoms with van der Waals surface area (Å²) in [6.07, 6.45) is 0.903. The highest BCUT2D eigenvalue weighted by molar-refractivity contribution is 8.14. The second-order valence-corrected chi connectivity index (χ2v) is 9.18. The first-order valence-corrected chi connectivity index (χ1v) is 11.3. The van der Waals surface area contributed by atoms with Crippen LogP contribution in [0.3, 0.4) is 0 Å². The molecule has 3 unspecified atom stereocenters. The quantitative estimate of drug-likeness (QED) is 0.637. The lowest BCUT2D eigenvalue weighted by molar-refractivity contribution is -0.144. The molecule has 160 valence electrons. The van der Waals surface area contributed by atoms with Crippen molar-refractivity contribution >= 4 is 46.3 Å². The zero-order chi connectivity index (χ0) is 22.1. The Bertz CT molecular complexity index is 1020. The number of carbonyl (C=O) groups is 4. The van der Waals surface area contributed by atoms with Crippen LogP contribution < -0.4 is 0 Å². The monoisotopic (exact) mass is 457 g/mol. The van der Waals surface area contributed by atoms with E-state index >= 15 is 0 Å². The fourth-order valence-corrected chi connectivity index (χ4v) is 5.29. The van der Waals surface area contributed by atoms with Crippen molar-refractivity contribution in [2.24, 2.45) is 17.8 Å². The van der Waals surface area contributed by atoms with Crippen molar-refractivity contribution in [2.45, 2.75) is 12.8 Å². The molecular weight excluding hydrogens is 438 g/mol. The van der Waals surface area contributed by atoms with E-state index < -0.39 is 23.7 Å². The number of aliphatic carboxylic acids is 1. The van der Waals surface area contributed by atoms with Gasteiger partial charge in [-0.25, -0.2) is 0 Å². The summed E-state index contributed by atoms with van der Waals surface area (Å²) in [7, 11) is 0. The third-order valence-electron chi connectivity index (χ3n) is 6.02. The molecule has 2 aromatic carbocycles. The number of carbonyl (C=O) groups excluding carboxylic acids is 3. The van der Waals surface area contributed by atoms with Gasteiger partial charge in [0.25, 0.3) is 5.24 Å². The number of rotatable bonds is 6. The summed E-state index contributed by atoms with van der Waals surface area (Å²) in [4.78, 5) is 50.1. The van der Waals surface area contributed by atoms with Gasteiger partial charge in [-0.3, -0.25) is 24.1 Å². The minimum absolute atomic E-state index is 0.0565. The molecule has 1 saturated carbocycles. The molecule has 31 heavy (non-hydrogen) atoms. The number of nitrogens with zero attached hydrogens (tertiary/aromatic N) is 1. The van der Waals surface area contributed by atoms with Crippen molar-refractivity contribution in [3.63, 3.8) is 0 Å². The summed E-state index contributed by atoms with van der Waals surface area (Å²) in [6, 6.07) is 14.4. The molecule has 0 bridgehead atoms. The number of carboxylic acids is 1. The molecule has 1 N–H and O–H groups in total. The van der Waals surface area contributed by atoms with Gasteiger partial charge in [-0.1, -0.05) is 59.8 Å². The predicted octanol–water partition coefficient (Wildman–Crippen LogP) is 4.61. The maximum absolute atomic E-state index is 13.1. The van der Waals surface area contributed by atoms with Gasteiger partial charge in [0.2, 0.25) is 5.91 Å². The average Bonchev–Trinajstić information content (AvgIpc) is 3.33. The molecule has 1 aliphatic carbocycles. The molecule has 0 aromatic heterocycles. The number of halogens is 1. The molecule has 4 rings (SSSR count). The van der Waals surface area contributed by atoms with Gasteiger partial charge in [0.1, 0.15) is 0 Å². The Kier molecular flexibility index (Phi) is 6.16. The van der Waals surface area contributed by atoms with E-state index in [1.807, 2.05) is 24.3 Å². The van der Waals surface area contributed by atoms with E-state index in [4.69, 9.17) is 11.6 Å². The summed E-state index contributed by atoms with van der Waals surface area (Å²) in [5, 5.41) is 10.1. The number of hydrogen-bond acceptors (Lipinski definition) is 5. The largest absolute Gasteiger partial charge is 0.481 e. The third-order valence-corrected chi connectivity index (χ3v) is 7.13. The Morgan fingerprint density at radius 3 is 2.16 bits per heavy atom. The van der Waals surface area contributed by atoms with E-state index in [0.29, 0.717) is 23.4 Å². The second kappa shape index (κ2) is 8.85. The predicted molar refractivity (Wildman–Crippen MR) is 118 cm³/mol. The van der Waals surface area contributed by atoms with Gasteiger partial charge in [0, 0.05) is 23.0 Å². The number of hydrogen-bond donors (Lipinski definition) is 1. The molecule has 2 aliphatic rings. The van der Waals surface area contributed by atoms with Crippen molar-refractivity contribution in [1.29, 1.82) is 0 Å². The molecule has 6 nitrogen and oxygen atoms in total. The van der Waals surface area contributed by atoms with Gasteiger partial charge in [-0.05, 0) is 42.0 Å². The maximum atomic E-state index is 13.1. The van der Waals surface area contributed by atoms with Gasteiger partial charge in [0.15, 0.2) is 5.78 Å². The molecule has 1 heterocycles. The molecule has 8 heteroatoms. The number of carboxylic acid groups (broad SMARTS) is 1. The van der Waals surface area contributed by atoms with Gasteiger partial charge in [-0.2, -0.15) is 0 Å². The van der Waals surface area contributed by atoms with Gasteiger partial charge < -0.3 is 5.11 Å². The van der Waals surface area contributed by atoms with Crippen LogP contribution >= 0.6 is 23.4 Å². The Labute approximate surface area is 188 Å². The molecule has 2 aromatic rings. The molecule has 2 amide bonds. The minimum atomic E-state index is -1.06. The van der Waals surface area contributed by atoms with Crippen LogP contribution in [0.5, 0.6) is 0 Å². The summed E-state index contributed by atoms with van der Waals surface area (Å²) < 4.78 is 0. The standard InChI is InChI=1S/C23H20ClNO5S/c24-17-8-5-14(6-9-17)13-1-3-15(4-2-13)21(27)18-10-7-16(20(18)22(28)29)11-25-19(26)12-31-23(25)30/h1-6,8-9,16,18,20H,7,10-12H2,(H,28,29). The van der Waals surface area contributed by atoms with Crippen LogP contribution in [0.25, 0.3) is 11.1 Å². The second-order valence-electron chi connectivity index (χ2n) is 7.82. The van der Waals surface area contributed by atoms with E-state index in [-0.39, 0.29) is 29.2 Å². The van der Waals surface area contributed by atoms with Gasteiger partial charge in [-0.15, -0.1) is 0 Å². The number of amides is 2. The van der Waals surface area contributed by atoms with Crippen molar-refractivity contribution in [3.8, 4) is 11.1 Å².